The average molecular weight is 247 g/mol. The molecule has 0 radical (unpaired) electrons. The summed E-state index contributed by atoms with van der Waals surface area (Å²) in [6, 6.07) is 3.33. The SMILES string of the molecule is Cn1cnnc1[C@@H]1CCCN1c1ccc(F)cn1. The first kappa shape index (κ1) is 11.1. The highest BCUT2D eigenvalue weighted by atomic mass is 19.1. The van der Waals surface area contributed by atoms with Crippen LogP contribution in [-0.4, -0.2) is 26.3 Å². The van der Waals surface area contributed by atoms with Crippen molar-refractivity contribution in [2.24, 2.45) is 7.05 Å². The van der Waals surface area contributed by atoms with Crippen LogP contribution in [0.15, 0.2) is 24.7 Å². The topological polar surface area (TPSA) is 46.8 Å². The molecule has 3 heterocycles. The first-order chi connectivity index (χ1) is 8.75. The number of aryl methyl sites for hydroxylation is 1. The maximum absolute atomic E-state index is 12.9. The molecule has 0 aromatic carbocycles. The summed E-state index contributed by atoms with van der Waals surface area (Å²) in [5.74, 6) is 1.41. The van der Waals surface area contributed by atoms with E-state index in [4.69, 9.17) is 0 Å². The van der Waals surface area contributed by atoms with E-state index in [0.29, 0.717) is 0 Å². The summed E-state index contributed by atoms with van der Waals surface area (Å²) in [5.41, 5.74) is 0. The Bertz CT molecular complexity index is 536. The number of aromatic nitrogens is 4. The van der Waals surface area contributed by atoms with Crippen LogP contribution in [0.25, 0.3) is 0 Å². The van der Waals surface area contributed by atoms with E-state index in [1.807, 2.05) is 11.6 Å². The summed E-state index contributed by atoms with van der Waals surface area (Å²) >= 11 is 0. The first-order valence-electron chi connectivity index (χ1n) is 5.98. The summed E-state index contributed by atoms with van der Waals surface area (Å²) in [7, 11) is 1.93. The summed E-state index contributed by atoms with van der Waals surface area (Å²) in [6.07, 6.45) is 5.05. The second-order valence-electron chi connectivity index (χ2n) is 4.49. The molecule has 0 N–H and O–H groups in total. The third-order valence-electron chi connectivity index (χ3n) is 3.30. The standard InChI is InChI=1S/C12H14FN5/c1-17-8-15-16-12(17)10-3-2-6-18(10)11-5-4-9(13)7-14-11/h4-5,7-8,10H,2-3,6H2,1H3/t10-/m0/s1. The number of rotatable bonds is 2. The van der Waals surface area contributed by atoms with Crippen LogP contribution in [0.1, 0.15) is 24.7 Å². The highest BCUT2D eigenvalue weighted by molar-refractivity contribution is 5.41. The Hall–Kier alpha value is -1.98. The molecular formula is C12H14FN5. The van der Waals surface area contributed by atoms with E-state index in [1.165, 1.54) is 12.3 Å². The van der Waals surface area contributed by atoms with Crippen molar-refractivity contribution in [3.8, 4) is 0 Å². The van der Waals surface area contributed by atoms with Crippen molar-refractivity contribution in [2.75, 3.05) is 11.4 Å². The molecule has 0 saturated carbocycles. The van der Waals surface area contributed by atoms with Gasteiger partial charge in [0.15, 0.2) is 5.82 Å². The monoisotopic (exact) mass is 247 g/mol. The maximum atomic E-state index is 12.9. The first-order valence-corrected chi connectivity index (χ1v) is 5.98. The number of hydrogen-bond acceptors (Lipinski definition) is 4. The smallest absolute Gasteiger partial charge is 0.155 e. The second kappa shape index (κ2) is 4.36. The van der Waals surface area contributed by atoms with Gasteiger partial charge in [0.25, 0.3) is 0 Å². The molecule has 3 rings (SSSR count). The number of nitrogens with zero attached hydrogens (tertiary/aromatic N) is 5. The molecule has 2 aromatic heterocycles. The summed E-state index contributed by atoms with van der Waals surface area (Å²) in [6.45, 7) is 0.913. The van der Waals surface area contributed by atoms with Crippen LogP contribution in [0.5, 0.6) is 0 Å². The van der Waals surface area contributed by atoms with Crippen LogP contribution in [0, 0.1) is 5.82 Å². The largest absolute Gasteiger partial charge is 0.346 e. The zero-order valence-electron chi connectivity index (χ0n) is 10.1. The molecule has 6 heteroatoms. The van der Waals surface area contributed by atoms with Crippen LogP contribution in [-0.2, 0) is 7.05 Å². The lowest BCUT2D eigenvalue weighted by atomic mass is 10.2. The quantitative estimate of drug-likeness (QED) is 0.810. The van der Waals surface area contributed by atoms with Crippen LogP contribution in [0.3, 0.4) is 0 Å². The number of pyridine rings is 1. The van der Waals surface area contributed by atoms with Crippen LogP contribution in [0.4, 0.5) is 10.2 Å². The number of halogens is 1. The fourth-order valence-corrected chi connectivity index (χ4v) is 2.44. The molecule has 94 valence electrons. The van der Waals surface area contributed by atoms with Gasteiger partial charge in [0.1, 0.15) is 18.0 Å². The van der Waals surface area contributed by atoms with Crippen molar-refractivity contribution in [1.82, 2.24) is 19.7 Å². The Morgan fingerprint density at radius 2 is 2.28 bits per heavy atom. The fourth-order valence-electron chi connectivity index (χ4n) is 2.44. The van der Waals surface area contributed by atoms with Gasteiger partial charge >= 0.3 is 0 Å². The molecular weight excluding hydrogens is 233 g/mol. The van der Waals surface area contributed by atoms with Crippen molar-refractivity contribution < 1.29 is 4.39 Å². The van der Waals surface area contributed by atoms with Gasteiger partial charge in [-0.05, 0) is 25.0 Å². The van der Waals surface area contributed by atoms with Gasteiger partial charge in [-0.25, -0.2) is 9.37 Å². The van der Waals surface area contributed by atoms with E-state index < -0.39 is 0 Å². The zero-order valence-corrected chi connectivity index (χ0v) is 10.1. The van der Waals surface area contributed by atoms with Crippen molar-refractivity contribution >= 4 is 5.82 Å². The van der Waals surface area contributed by atoms with Crippen LogP contribution < -0.4 is 4.90 Å². The molecule has 0 spiro atoms. The molecule has 0 bridgehead atoms. The van der Waals surface area contributed by atoms with E-state index in [9.17, 15) is 4.39 Å². The van der Waals surface area contributed by atoms with Crippen molar-refractivity contribution in [2.45, 2.75) is 18.9 Å². The third-order valence-corrected chi connectivity index (χ3v) is 3.30. The number of hydrogen-bond donors (Lipinski definition) is 0. The molecule has 1 aliphatic heterocycles. The normalized spacial score (nSPS) is 19.4. The Labute approximate surface area is 104 Å². The van der Waals surface area contributed by atoms with Crippen molar-refractivity contribution in [1.29, 1.82) is 0 Å². The Morgan fingerprint density at radius 1 is 1.39 bits per heavy atom. The van der Waals surface area contributed by atoms with Crippen LogP contribution >= 0.6 is 0 Å². The van der Waals surface area contributed by atoms with E-state index in [2.05, 4.69) is 20.1 Å². The molecule has 18 heavy (non-hydrogen) atoms. The molecule has 1 atom stereocenters. The number of anilines is 1. The third kappa shape index (κ3) is 1.83. The average Bonchev–Trinajstić information content (AvgIpc) is 2.98. The minimum atomic E-state index is -0.312. The second-order valence-corrected chi connectivity index (χ2v) is 4.49. The van der Waals surface area contributed by atoms with E-state index >= 15 is 0 Å². The van der Waals surface area contributed by atoms with E-state index in [1.54, 1.807) is 12.4 Å². The van der Waals surface area contributed by atoms with Crippen molar-refractivity contribution in [3.63, 3.8) is 0 Å². The minimum absolute atomic E-state index is 0.176. The Kier molecular flexibility index (Phi) is 2.70. The van der Waals surface area contributed by atoms with Crippen molar-refractivity contribution in [3.05, 3.63) is 36.3 Å². The highest BCUT2D eigenvalue weighted by Gasteiger charge is 2.30. The van der Waals surface area contributed by atoms with Gasteiger partial charge in [0, 0.05) is 13.6 Å². The lowest BCUT2D eigenvalue weighted by Crippen LogP contribution is -2.25. The Morgan fingerprint density at radius 3 is 2.94 bits per heavy atom. The van der Waals surface area contributed by atoms with Gasteiger partial charge in [0.05, 0.1) is 12.2 Å². The Balaban J connectivity index is 1.92. The lowest BCUT2D eigenvalue weighted by molar-refractivity contribution is 0.610. The zero-order chi connectivity index (χ0) is 12.5. The van der Waals surface area contributed by atoms with Gasteiger partial charge in [-0.2, -0.15) is 0 Å². The molecule has 0 aliphatic carbocycles. The molecule has 5 nitrogen and oxygen atoms in total. The summed E-state index contributed by atoms with van der Waals surface area (Å²) in [4.78, 5) is 6.30. The molecule has 2 aromatic rings. The van der Waals surface area contributed by atoms with Gasteiger partial charge in [0.2, 0.25) is 0 Å². The van der Waals surface area contributed by atoms with Crippen LogP contribution in [0.2, 0.25) is 0 Å². The van der Waals surface area contributed by atoms with Gasteiger partial charge in [-0.15, -0.1) is 10.2 Å². The molecule has 0 amide bonds. The molecule has 0 unspecified atom stereocenters. The predicted molar refractivity (Wildman–Crippen MR) is 64.5 cm³/mol. The van der Waals surface area contributed by atoms with Gasteiger partial charge < -0.3 is 9.47 Å². The van der Waals surface area contributed by atoms with Gasteiger partial charge in [-0.3, -0.25) is 0 Å². The minimum Gasteiger partial charge on any atom is -0.346 e. The molecule has 1 aliphatic rings. The fraction of sp³-hybridized carbons (Fsp3) is 0.417. The molecule has 1 saturated heterocycles. The van der Waals surface area contributed by atoms with E-state index in [0.717, 1.165) is 31.0 Å². The summed E-state index contributed by atoms with van der Waals surface area (Å²) < 4.78 is 14.8. The predicted octanol–water partition coefficient (Wildman–Crippen LogP) is 1.69. The molecule has 1 fully saturated rings. The van der Waals surface area contributed by atoms with Gasteiger partial charge in [-0.1, -0.05) is 0 Å². The lowest BCUT2D eigenvalue weighted by Gasteiger charge is -2.24. The maximum Gasteiger partial charge on any atom is 0.155 e. The summed E-state index contributed by atoms with van der Waals surface area (Å²) in [5, 5.41) is 8.07. The van der Waals surface area contributed by atoms with E-state index in [-0.39, 0.29) is 11.9 Å². The highest BCUT2D eigenvalue weighted by Crippen LogP contribution is 2.33.